The lowest BCUT2D eigenvalue weighted by Crippen LogP contribution is -2.50. The topological polar surface area (TPSA) is 67.4 Å². The number of piperazine rings is 1. The van der Waals surface area contributed by atoms with Crippen molar-refractivity contribution in [1.82, 2.24) is 14.7 Å². The van der Waals surface area contributed by atoms with Crippen molar-refractivity contribution in [1.29, 1.82) is 0 Å². The highest BCUT2D eigenvalue weighted by atomic mass is 35.5. The Bertz CT molecular complexity index is 1020. The fourth-order valence-electron chi connectivity index (χ4n) is 3.83. The summed E-state index contributed by atoms with van der Waals surface area (Å²) in [5, 5.41) is 7.92. The van der Waals surface area contributed by atoms with Crippen LogP contribution in [0.1, 0.15) is 19.3 Å². The molecule has 1 aromatic carbocycles. The van der Waals surface area contributed by atoms with E-state index in [4.69, 9.17) is 22.4 Å². The van der Waals surface area contributed by atoms with Gasteiger partial charge in [0.25, 0.3) is 0 Å². The number of hydrogen-bond acceptors (Lipinski definition) is 4. The molecule has 1 saturated heterocycles. The second kappa shape index (κ2) is 8.84. The van der Waals surface area contributed by atoms with E-state index >= 15 is 0 Å². The second-order valence-electron chi connectivity index (χ2n) is 7.29. The minimum atomic E-state index is 0.136. The van der Waals surface area contributed by atoms with Gasteiger partial charge in [0, 0.05) is 49.4 Å². The van der Waals surface area contributed by atoms with E-state index in [9.17, 15) is 4.79 Å². The predicted octanol–water partition coefficient (Wildman–Crippen LogP) is 1.43. The summed E-state index contributed by atoms with van der Waals surface area (Å²) in [6.45, 7) is 3.31. The van der Waals surface area contributed by atoms with E-state index in [1.54, 1.807) is 0 Å². The van der Waals surface area contributed by atoms with E-state index in [0.717, 1.165) is 48.0 Å². The van der Waals surface area contributed by atoms with Gasteiger partial charge in [-0.25, -0.2) is 4.68 Å². The minimum Gasteiger partial charge on any atom is -0.351 e. The molecule has 1 aliphatic carbocycles. The van der Waals surface area contributed by atoms with E-state index < -0.39 is 0 Å². The average molecular weight is 412 g/mol. The van der Waals surface area contributed by atoms with Gasteiger partial charge in [0.15, 0.2) is 5.82 Å². The van der Waals surface area contributed by atoms with Crippen LogP contribution >= 0.6 is 11.6 Å². The Hall–Kier alpha value is -2.57. The van der Waals surface area contributed by atoms with Crippen molar-refractivity contribution in [2.45, 2.75) is 19.3 Å². The number of carbonyl (C=O) groups is 1. The van der Waals surface area contributed by atoms with Crippen molar-refractivity contribution in [2.24, 2.45) is 5.73 Å². The molecule has 152 valence electrons. The van der Waals surface area contributed by atoms with Gasteiger partial charge in [-0.05, 0) is 43.2 Å². The van der Waals surface area contributed by atoms with Crippen LogP contribution in [0.5, 0.6) is 0 Å². The van der Waals surface area contributed by atoms with E-state index in [0.29, 0.717) is 31.1 Å². The summed E-state index contributed by atoms with van der Waals surface area (Å²) in [6.07, 6.45) is 11.1. The summed E-state index contributed by atoms with van der Waals surface area (Å²) < 4.78 is 2.00. The molecule has 0 atom stereocenters. The Morgan fingerprint density at radius 1 is 1.10 bits per heavy atom. The SMILES string of the molecule is NCCC(=O)N1CCN(c2nn(-c3ccc(Cl)cc3)c3/c2=C\C=C/CC\C=3)CC1. The minimum absolute atomic E-state index is 0.136. The third kappa shape index (κ3) is 4.23. The van der Waals surface area contributed by atoms with Crippen LogP contribution in [0.2, 0.25) is 5.02 Å². The van der Waals surface area contributed by atoms with Crippen LogP contribution in [0.25, 0.3) is 17.8 Å². The molecule has 0 saturated carbocycles. The monoisotopic (exact) mass is 411 g/mol. The molecule has 6 nitrogen and oxygen atoms in total. The maximum atomic E-state index is 12.2. The lowest BCUT2D eigenvalue weighted by atomic mass is 10.2. The number of aromatic nitrogens is 2. The smallest absolute Gasteiger partial charge is 0.223 e. The summed E-state index contributed by atoms with van der Waals surface area (Å²) >= 11 is 6.08. The normalized spacial score (nSPS) is 19.9. The fraction of sp³-hybridized carbons (Fsp3) is 0.364. The van der Waals surface area contributed by atoms with Gasteiger partial charge in [-0.3, -0.25) is 4.79 Å². The highest BCUT2D eigenvalue weighted by molar-refractivity contribution is 6.30. The molecule has 1 aliphatic heterocycles. The van der Waals surface area contributed by atoms with Crippen LogP contribution in [-0.4, -0.2) is 53.3 Å². The molecule has 4 rings (SSSR count). The Morgan fingerprint density at radius 3 is 2.59 bits per heavy atom. The van der Waals surface area contributed by atoms with Crippen molar-refractivity contribution < 1.29 is 4.79 Å². The Kier molecular flexibility index (Phi) is 6.02. The molecule has 1 aromatic heterocycles. The van der Waals surface area contributed by atoms with Crippen LogP contribution < -0.4 is 21.2 Å². The van der Waals surface area contributed by atoms with Gasteiger partial charge >= 0.3 is 0 Å². The highest BCUT2D eigenvalue weighted by Crippen LogP contribution is 2.15. The predicted molar refractivity (Wildman–Crippen MR) is 118 cm³/mol. The number of nitrogens with zero attached hydrogens (tertiary/aromatic N) is 4. The number of allylic oxidation sites excluding steroid dienone is 2. The average Bonchev–Trinajstić information content (AvgIpc) is 3.06. The summed E-state index contributed by atoms with van der Waals surface area (Å²) in [6, 6.07) is 7.76. The summed E-state index contributed by atoms with van der Waals surface area (Å²) in [5.74, 6) is 1.10. The number of halogens is 1. The first-order valence-electron chi connectivity index (χ1n) is 10.1. The van der Waals surface area contributed by atoms with Gasteiger partial charge in [0.2, 0.25) is 5.91 Å². The zero-order valence-corrected chi connectivity index (χ0v) is 17.2. The maximum absolute atomic E-state index is 12.2. The molecule has 29 heavy (non-hydrogen) atoms. The maximum Gasteiger partial charge on any atom is 0.223 e. The number of hydrogen-bond donors (Lipinski definition) is 1. The number of amides is 1. The lowest BCUT2D eigenvalue weighted by Gasteiger charge is -2.35. The van der Waals surface area contributed by atoms with Crippen molar-refractivity contribution in [2.75, 3.05) is 37.6 Å². The van der Waals surface area contributed by atoms with Crippen molar-refractivity contribution in [3.63, 3.8) is 0 Å². The van der Waals surface area contributed by atoms with Crippen LogP contribution in [0.3, 0.4) is 0 Å². The largest absolute Gasteiger partial charge is 0.351 e. The van der Waals surface area contributed by atoms with Gasteiger partial charge in [0.1, 0.15) is 0 Å². The Morgan fingerprint density at radius 2 is 1.86 bits per heavy atom. The summed E-state index contributed by atoms with van der Waals surface area (Å²) in [4.78, 5) is 16.3. The molecule has 1 amide bonds. The first kappa shape index (κ1) is 19.7. The van der Waals surface area contributed by atoms with Gasteiger partial charge in [-0.2, -0.15) is 0 Å². The van der Waals surface area contributed by atoms with Gasteiger partial charge < -0.3 is 15.5 Å². The van der Waals surface area contributed by atoms with Gasteiger partial charge in [0.05, 0.1) is 11.0 Å². The molecule has 2 N–H and O–H groups in total. The van der Waals surface area contributed by atoms with Crippen LogP contribution in [0.15, 0.2) is 36.4 Å². The highest BCUT2D eigenvalue weighted by Gasteiger charge is 2.23. The molecule has 7 heteroatoms. The van der Waals surface area contributed by atoms with E-state index in [2.05, 4.69) is 29.2 Å². The first-order chi connectivity index (χ1) is 14.2. The molecule has 0 unspecified atom stereocenters. The third-order valence-electron chi connectivity index (χ3n) is 5.37. The molecule has 1 fully saturated rings. The first-order valence-corrected chi connectivity index (χ1v) is 10.5. The standard InChI is InChI=1S/C22H26ClN5O/c23-17-7-9-18(10-8-17)28-20-6-4-2-1-3-5-19(20)22(25-28)27-15-13-26(14-16-27)21(29)11-12-24/h1,3,5-10H,2,4,11-16,24H2/b3-1-,19-5+,20-6+. The van der Waals surface area contributed by atoms with Gasteiger partial charge in [-0.1, -0.05) is 29.8 Å². The number of fused-ring (bicyclic) bond motifs is 1. The third-order valence-corrected chi connectivity index (χ3v) is 5.62. The molecule has 0 bridgehead atoms. The van der Waals surface area contributed by atoms with E-state index in [-0.39, 0.29) is 5.91 Å². The van der Waals surface area contributed by atoms with E-state index in [1.165, 1.54) is 0 Å². The van der Waals surface area contributed by atoms with Crippen molar-refractivity contribution in [3.05, 3.63) is 52.0 Å². The zero-order chi connectivity index (χ0) is 20.2. The zero-order valence-electron chi connectivity index (χ0n) is 16.4. The van der Waals surface area contributed by atoms with Crippen LogP contribution in [-0.2, 0) is 4.79 Å². The number of benzene rings is 1. The Balaban J connectivity index is 1.70. The van der Waals surface area contributed by atoms with E-state index in [1.807, 2.05) is 33.8 Å². The van der Waals surface area contributed by atoms with Gasteiger partial charge in [-0.15, -0.1) is 5.10 Å². The molecule has 2 aliphatic rings. The number of anilines is 1. The van der Waals surface area contributed by atoms with Crippen LogP contribution in [0.4, 0.5) is 5.82 Å². The molecule has 0 spiro atoms. The number of nitrogens with two attached hydrogens (primary N) is 1. The quantitative estimate of drug-likeness (QED) is 0.826. The summed E-state index contributed by atoms with van der Waals surface area (Å²) in [5.41, 5.74) is 6.52. The Labute approximate surface area is 175 Å². The molecule has 0 radical (unpaired) electrons. The molecule has 2 heterocycles. The summed E-state index contributed by atoms with van der Waals surface area (Å²) in [7, 11) is 0. The second-order valence-corrected chi connectivity index (χ2v) is 7.73. The van der Waals surface area contributed by atoms with Crippen molar-refractivity contribution in [3.8, 4) is 5.69 Å². The molecular formula is C22H26ClN5O. The molecular weight excluding hydrogens is 386 g/mol. The lowest BCUT2D eigenvalue weighted by molar-refractivity contribution is -0.131. The van der Waals surface area contributed by atoms with Crippen molar-refractivity contribution >= 4 is 35.5 Å². The fourth-order valence-corrected chi connectivity index (χ4v) is 3.95. The molecule has 2 aromatic rings. The number of carbonyl (C=O) groups excluding carboxylic acids is 1. The number of rotatable bonds is 4. The van der Waals surface area contributed by atoms with Crippen LogP contribution in [0, 0.1) is 0 Å².